The number of carboxylic acid groups (broad SMARTS) is 1. The number of carbonyl (C=O) groups is 1. The molecule has 0 aromatic carbocycles. The van der Waals surface area contributed by atoms with Crippen molar-refractivity contribution in [3.8, 4) is 0 Å². The minimum absolute atomic E-state index is 0.0701. The van der Waals surface area contributed by atoms with Crippen LogP contribution in [0.3, 0.4) is 0 Å². The van der Waals surface area contributed by atoms with Gasteiger partial charge in [-0.15, -0.1) is 0 Å². The molecule has 0 fully saturated rings. The van der Waals surface area contributed by atoms with Gasteiger partial charge in [-0.2, -0.15) is 0 Å². The van der Waals surface area contributed by atoms with Crippen LogP contribution in [0, 0.1) is 0 Å². The summed E-state index contributed by atoms with van der Waals surface area (Å²) in [5, 5.41) is 8.51. The Balaban J connectivity index is 4.75. The topological polar surface area (TPSA) is 37.3 Å². The van der Waals surface area contributed by atoms with E-state index in [1.165, 1.54) is 0 Å². The summed E-state index contributed by atoms with van der Waals surface area (Å²) in [5.41, 5.74) is -0.147. The van der Waals surface area contributed by atoms with E-state index in [1.54, 1.807) is 0 Å². The van der Waals surface area contributed by atoms with Gasteiger partial charge in [-0.1, -0.05) is 36.4 Å². The van der Waals surface area contributed by atoms with Crippen molar-refractivity contribution in [1.82, 2.24) is 0 Å². The third-order valence-electron chi connectivity index (χ3n) is 0.824. The maximum atomic E-state index is 10.4. The number of halogens is 2. The van der Waals surface area contributed by atoms with Crippen LogP contribution in [0.15, 0.2) is 34.9 Å². The molecule has 4 heteroatoms. The van der Waals surface area contributed by atoms with E-state index in [4.69, 9.17) is 28.3 Å². The van der Waals surface area contributed by atoms with Crippen molar-refractivity contribution in [3.63, 3.8) is 0 Å². The van der Waals surface area contributed by atoms with Gasteiger partial charge in [0.15, 0.2) is 0 Å². The number of allylic oxidation sites excluding steroid dienone is 2. The van der Waals surface area contributed by atoms with Gasteiger partial charge in [0.25, 0.3) is 0 Å². The highest BCUT2D eigenvalue weighted by atomic mass is 35.5. The van der Waals surface area contributed by atoms with Crippen molar-refractivity contribution in [2.45, 2.75) is 0 Å². The summed E-state index contributed by atoms with van der Waals surface area (Å²) in [6, 6.07) is 0. The van der Waals surface area contributed by atoms with Gasteiger partial charge in [-0.05, 0) is 6.08 Å². The van der Waals surface area contributed by atoms with Crippen molar-refractivity contribution in [2.24, 2.45) is 0 Å². The molecule has 0 amide bonds. The maximum Gasteiger partial charge on any atom is 0.337 e. The zero-order valence-corrected chi connectivity index (χ0v) is 7.11. The quantitative estimate of drug-likeness (QED) is 0.552. The average molecular weight is 193 g/mol. The Morgan fingerprint density at radius 3 is 1.91 bits per heavy atom. The standard InChI is InChI=1S/C7H6Cl2O2/c1-4(8)3-6(5(2)9)7(10)11/h3H,1-2H2,(H,10,11). The summed E-state index contributed by atoms with van der Waals surface area (Å²) < 4.78 is 0. The zero-order chi connectivity index (χ0) is 9.02. The lowest BCUT2D eigenvalue weighted by molar-refractivity contribution is -0.132. The van der Waals surface area contributed by atoms with Crippen LogP contribution in [-0.2, 0) is 4.79 Å². The minimum Gasteiger partial charge on any atom is -0.478 e. The maximum absolute atomic E-state index is 10.4. The van der Waals surface area contributed by atoms with Crippen molar-refractivity contribution in [3.05, 3.63) is 34.9 Å². The summed E-state index contributed by atoms with van der Waals surface area (Å²) in [7, 11) is 0. The van der Waals surface area contributed by atoms with Crippen LogP contribution >= 0.6 is 23.2 Å². The lowest BCUT2D eigenvalue weighted by atomic mass is 10.2. The fourth-order valence-electron chi connectivity index (χ4n) is 0.413. The van der Waals surface area contributed by atoms with Gasteiger partial charge in [0.2, 0.25) is 0 Å². The molecular weight excluding hydrogens is 187 g/mol. The molecule has 0 saturated carbocycles. The third-order valence-corrected chi connectivity index (χ3v) is 1.14. The molecule has 0 spiro atoms. The second-order valence-electron chi connectivity index (χ2n) is 1.71. The van der Waals surface area contributed by atoms with E-state index in [0.717, 1.165) is 6.08 Å². The highest BCUT2D eigenvalue weighted by Crippen LogP contribution is 2.15. The van der Waals surface area contributed by atoms with Crippen LogP contribution in [0.1, 0.15) is 0 Å². The van der Waals surface area contributed by atoms with E-state index in [0.29, 0.717) is 0 Å². The van der Waals surface area contributed by atoms with Gasteiger partial charge in [0.1, 0.15) is 0 Å². The first kappa shape index (κ1) is 10.3. The van der Waals surface area contributed by atoms with E-state index in [-0.39, 0.29) is 15.6 Å². The molecule has 0 aliphatic carbocycles. The van der Waals surface area contributed by atoms with E-state index >= 15 is 0 Å². The van der Waals surface area contributed by atoms with Crippen LogP contribution in [0.5, 0.6) is 0 Å². The molecule has 60 valence electrons. The van der Waals surface area contributed by atoms with Crippen LogP contribution < -0.4 is 0 Å². The highest BCUT2D eigenvalue weighted by Gasteiger charge is 2.08. The van der Waals surface area contributed by atoms with Gasteiger partial charge in [0, 0.05) is 10.1 Å². The third kappa shape index (κ3) is 3.86. The number of hydrogen-bond donors (Lipinski definition) is 1. The van der Waals surface area contributed by atoms with Crippen LogP contribution in [0.2, 0.25) is 0 Å². The molecule has 0 atom stereocenters. The molecule has 0 aliphatic rings. The molecule has 11 heavy (non-hydrogen) atoms. The van der Waals surface area contributed by atoms with Crippen LogP contribution in [0.4, 0.5) is 0 Å². The normalized spacial score (nSPS) is 10.9. The molecule has 0 aromatic heterocycles. The molecule has 0 saturated heterocycles. The summed E-state index contributed by atoms with van der Waals surface area (Å²) >= 11 is 10.7. The van der Waals surface area contributed by atoms with Crippen LogP contribution in [0.25, 0.3) is 0 Å². The van der Waals surface area contributed by atoms with Crippen molar-refractivity contribution in [1.29, 1.82) is 0 Å². The molecular formula is C7H6Cl2O2. The van der Waals surface area contributed by atoms with E-state index in [2.05, 4.69) is 13.2 Å². The SMILES string of the molecule is C=C(Cl)C=C(C(=C)Cl)C(=O)O. The van der Waals surface area contributed by atoms with Crippen molar-refractivity contribution < 1.29 is 9.90 Å². The van der Waals surface area contributed by atoms with Crippen molar-refractivity contribution in [2.75, 3.05) is 0 Å². The predicted molar refractivity (Wildman–Crippen MR) is 45.7 cm³/mol. The molecule has 0 aromatic rings. The van der Waals surface area contributed by atoms with Gasteiger partial charge >= 0.3 is 5.97 Å². The number of aliphatic carboxylic acids is 1. The Morgan fingerprint density at radius 2 is 1.82 bits per heavy atom. The lowest BCUT2D eigenvalue weighted by Crippen LogP contribution is -1.99. The fourth-order valence-corrected chi connectivity index (χ4v) is 0.657. The number of carboxylic acids is 1. The van der Waals surface area contributed by atoms with Gasteiger partial charge in [-0.3, -0.25) is 0 Å². The lowest BCUT2D eigenvalue weighted by Gasteiger charge is -1.96. The summed E-state index contributed by atoms with van der Waals surface area (Å²) in [6.45, 7) is 6.53. The van der Waals surface area contributed by atoms with E-state index < -0.39 is 5.97 Å². The molecule has 0 bridgehead atoms. The second kappa shape index (κ2) is 4.21. The highest BCUT2D eigenvalue weighted by molar-refractivity contribution is 6.35. The molecule has 2 nitrogen and oxygen atoms in total. The molecule has 0 radical (unpaired) electrons. The molecule has 0 unspecified atom stereocenters. The summed E-state index contributed by atoms with van der Waals surface area (Å²) in [4.78, 5) is 10.4. The number of rotatable bonds is 3. The predicted octanol–water partition coefficient (Wildman–Crippen LogP) is 2.50. The van der Waals surface area contributed by atoms with Gasteiger partial charge < -0.3 is 5.11 Å². The summed E-state index contributed by atoms with van der Waals surface area (Å²) in [5.74, 6) is -1.17. The first-order valence-electron chi connectivity index (χ1n) is 2.59. The molecule has 0 heterocycles. The second-order valence-corrected chi connectivity index (χ2v) is 2.66. The monoisotopic (exact) mass is 192 g/mol. The van der Waals surface area contributed by atoms with Crippen LogP contribution in [-0.4, -0.2) is 11.1 Å². The minimum atomic E-state index is -1.17. The Labute approximate surface area is 74.4 Å². The summed E-state index contributed by atoms with van der Waals surface area (Å²) in [6.07, 6.45) is 1.14. The zero-order valence-electron chi connectivity index (χ0n) is 5.60. The van der Waals surface area contributed by atoms with Gasteiger partial charge in [0.05, 0.1) is 5.57 Å². The Kier molecular flexibility index (Phi) is 3.93. The fraction of sp³-hybridized carbons (Fsp3) is 0. The van der Waals surface area contributed by atoms with Gasteiger partial charge in [-0.25, -0.2) is 4.79 Å². The Bertz CT molecular complexity index is 225. The largest absolute Gasteiger partial charge is 0.478 e. The first-order valence-corrected chi connectivity index (χ1v) is 3.35. The Morgan fingerprint density at radius 1 is 1.36 bits per heavy atom. The first-order chi connectivity index (χ1) is 4.95. The van der Waals surface area contributed by atoms with E-state index in [1.807, 2.05) is 0 Å². The number of hydrogen-bond acceptors (Lipinski definition) is 1. The average Bonchev–Trinajstić information content (AvgIpc) is 1.81. The molecule has 0 rings (SSSR count). The molecule has 1 N–H and O–H groups in total. The van der Waals surface area contributed by atoms with Crippen molar-refractivity contribution >= 4 is 29.2 Å². The molecule has 0 aliphatic heterocycles. The van der Waals surface area contributed by atoms with E-state index in [9.17, 15) is 4.79 Å². The Hall–Kier alpha value is -0.730. The smallest absolute Gasteiger partial charge is 0.337 e.